The molecule has 6 heteroatoms. The first kappa shape index (κ1) is 15.1. The smallest absolute Gasteiger partial charge is 0.332 e. The Bertz CT molecular complexity index is 654. The Labute approximate surface area is 126 Å². The molecule has 2 aromatic carbocycles. The van der Waals surface area contributed by atoms with E-state index in [1.807, 2.05) is 24.3 Å². The Morgan fingerprint density at radius 1 is 1.10 bits per heavy atom. The average Bonchev–Trinajstić information content (AvgIpc) is 2.48. The lowest BCUT2D eigenvalue weighted by Crippen LogP contribution is -2.25. The summed E-state index contributed by atoms with van der Waals surface area (Å²) >= 11 is 1.54. The van der Waals surface area contributed by atoms with E-state index in [1.54, 1.807) is 19.1 Å². The summed E-state index contributed by atoms with van der Waals surface area (Å²) in [5.41, 5.74) is 8.68. The molecule has 21 heavy (non-hydrogen) atoms. The maximum Gasteiger partial charge on any atom is 0.332 e. The summed E-state index contributed by atoms with van der Waals surface area (Å²) in [5, 5.41) is 3.86. The number of rotatable bonds is 4. The van der Waals surface area contributed by atoms with Crippen LogP contribution in [0.15, 0.2) is 63.4 Å². The van der Waals surface area contributed by atoms with Crippen LogP contribution in [0.3, 0.4) is 0 Å². The number of hydrogen-bond acceptors (Lipinski definition) is 3. The lowest BCUT2D eigenvalue weighted by Gasteiger charge is -2.04. The number of amides is 2. The first-order chi connectivity index (χ1) is 10.0. The first-order valence-corrected chi connectivity index (χ1v) is 7.00. The summed E-state index contributed by atoms with van der Waals surface area (Å²) in [6.07, 6.45) is 0. The molecule has 0 aliphatic heterocycles. The number of carbonyl (C=O) groups is 1. The number of nitrogens with one attached hydrogen (secondary N) is 1. The van der Waals surface area contributed by atoms with E-state index in [0.717, 1.165) is 15.4 Å². The van der Waals surface area contributed by atoms with E-state index >= 15 is 0 Å². The van der Waals surface area contributed by atoms with E-state index in [9.17, 15) is 9.18 Å². The standard InChI is InChI=1S/C15H14FN3OS/c1-10(18-19-15(17)20)11-2-6-13(7-3-11)21-14-8-4-12(16)5-9-14/h2-9H,1H3,(H3,17,19,20)/b18-10-. The van der Waals surface area contributed by atoms with Crippen LogP contribution in [0, 0.1) is 5.82 Å². The van der Waals surface area contributed by atoms with Gasteiger partial charge in [-0.25, -0.2) is 14.6 Å². The van der Waals surface area contributed by atoms with E-state index in [0.29, 0.717) is 5.71 Å². The molecule has 0 aliphatic carbocycles. The summed E-state index contributed by atoms with van der Waals surface area (Å²) in [6, 6.07) is 13.3. The van der Waals surface area contributed by atoms with E-state index in [1.165, 1.54) is 23.9 Å². The molecule has 0 aliphatic rings. The van der Waals surface area contributed by atoms with Crippen molar-refractivity contribution in [2.24, 2.45) is 10.8 Å². The van der Waals surface area contributed by atoms with Crippen molar-refractivity contribution in [3.05, 3.63) is 59.9 Å². The fraction of sp³-hybridized carbons (Fsp3) is 0.0667. The minimum Gasteiger partial charge on any atom is -0.350 e. The highest BCUT2D eigenvalue weighted by molar-refractivity contribution is 7.99. The molecule has 0 saturated carbocycles. The molecule has 0 heterocycles. The largest absolute Gasteiger partial charge is 0.350 e. The van der Waals surface area contributed by atoms with E-state index in [4.69, 9.17) is 5.73 Å². The lowest BCUT2D eigenvalue weighted by molar-refractivity contribution is 0.249. The molecule has 4 nitrogen and oxygen atoms in total. The van der Waals surface area contributed by atoms with Crippen LogP contribution in [-0.4, -0.2) is 11.7 Å². The molecule has 0 bridgehead atoms. The molecule has 0 radical (unpaired) electrons. The van der Waals surface area contributed by atoms with Gasteiger partial charge in [0.05, 0.1) is 5.71 Å². The van der Waals surface area contributed by atoms with Crippen LogP contribution in [0.2, 0.25) is 0 Å². The predicted octanol–water partition coefficient (Wildman–Crippen LogP) is 3.37. The van der Waals surface area contributed by atoms with Gasteiger partial charge in [-0.2, -0.15) is 5.10 Å². The number of primary amides is 1. The Morgan fingerprint density at radius 3 is 2.14 bits per heavy atom. The Kier molecular flexibility index (Phi) is 4.94. The predicted molar refractivity (Wildman–Crippen MR) is 81.9 cm³/mol. The Balaban J connectivity index is 2.06. The van der Waals surface area contributed by atoms with Crippen molar-refractivity contribution in [2.75, 3.05) is 0 Å². The fourth-order valence-corrected chi connectivity index (χ4v) is 2.42. The van der Waals surface area contributed by atoms with Crippen LogP contribution < -0.4 is 11.2 Å². The number of urea groups is 1. The van der Waals surface area contributed by atoms with Crippen molar-refractivity contribution in [3.63, 3.8) is 0 Å². The van der Waals surface area contributed by atoms with Gasteiger partial charge >= 0.3 is 6.03 Å². The highest BCUT2D eigenvalue weighted by Crippen LogP contribution is 2.27. The Hall–Kier alpha value is -2.34. The van der Waals surface area contributed by atoms with Gasteiger partial charge in [0.15, 0.2) is 0 Å². The second-order valence-electron chi connectivity index (χ2n) is 4.25. The van der Waals surface area contributed by atoms with Gasteiger partial charge in [-0.1, -0.05) is 23.9 Å². The molecule has 2 rings (SSSR count). The van der Waals surface area contributed by atoms with E-state index in [-0.39, 0.29) is 5.82 Å². The molecule has 0 atom stereocenters. The molecule has 2 aromatic rings. The Morgan fingerprint density at radius 2 is 1.62 bits per heavy atom. The van der Waals surface area contributed by atoms with Crippen LogP contribution in [0.1, 0.15) is 12.5 Å². The quantitative estimate of drug-likeness (QED) is 0.671. The third kappa shape index (κ3) is 4.61. The van der Waals surface area contributed by atoms with Crippen LogP contribution in [0.4, 0.5) is 9.18 Å². The SMILES string of the molecule is C/C(=N/NC(N)=O)c1ccc(Sc2ccc(F)cc2)cc1. The first-order valence-electron chi connectivity index (χ1n) is 6.18. The van der Waals surface area contributed by atoms with Gasteiger partial charge in [-0.3, -0.25) is 0 Å². The van der Waals surface area contributed by atoms with Gasteiger partial charge in [-0.05, 0) is 48.9 Å². The fourth-order valence-electron chi connectivity index (χ4n) is 1.61. The zero-order chi connectivity index (χ0) is 15.2. The number of benzene rings is 2. The molecule has 3 N–H and O–H groups in total. The van der Waals surface area contributed by atoms with Gasteiger partial charge in [0, 0.05) is 9.79 Å². The second-order valence-corrected chi connectivity index (χ2v) is 5.40. The van der Waals surface area contributed by atoms with Crippen LogP contribution in [0.5, 0.6) is 0 Å². The van der Waals surface area contributed by atoms with Crippen LogP contribution >= 0.6 is 11.8 Å². The third-order valence-corrected chi connectivity index (χ3v) is 3.67. The minimum absolute atomic E-state index is 0.247. The molecule has 0 fully saturated rings. The number of carbonyl (C=O) groups excluding carboxylic acids is 1. The van der Waals surface area contributed by atoms with Crippen LogP contribution in [0.25, 0.3) is 0 Å². The number of nitrogens with zero attached hydrogens (tertiary/aromatic N) is 1. The molecule has 2 amide bonds. The average molecular weight is 303 g/mol. The van der Waals surface area contributed by atoms with Gasteiger partial charge in [0.25, 0.3) is 0 Å². The lowest BCUT2D eigenvalue weighted by atomic mass is 10.1. The topological polar surface area (TPSA) is 67.5 Å². The van der Waals surface area contributed by atoms with Crippen molar-refractivity contribution in [3.8, 4) is 0 Å². The maximum atomic E-state index is 12.8. The minimum atomic E-state index is -0.696. The van der Waals surface area contributed by atoms with Crippen molar-refractivity contribution < 1.29 is 9.18 Å². The van der Waals surface area contributed by atoms with Gasteiger partial charge in [-0.15, -0.1) is 0 Å². The van der Waals surface area contributed by atoms with Crippen LogP contribution in [-0.2, 0) is 0 Å². The monoisotopic (exact) mass is 303 g/mol. The maximum absolute atomic E-state index is 12.8. The molecule has 0 unspecified atom stereocenters. The van der Waals surface area contributed by atoms with Gasteiger partial charge < -0.3 is 5.73 Å². The van der Waals surface area contributed by atoms with Crippen molar-refractivity contribution in [1.29, 1.82) is 0 Å². The van der Waals surface area contributed by atoms with E-state index in [2.05, 4.69) is 10.5 Å². The van der Waals surface area contributed by atoms with Crippen molar-refractivity contribution in [1.82, 2.24) is 5.43 Å². The molecular formula is C15H14FN3OS. The number of hydrogen-bond donors (Lipinski definition) is 2. The molecular weight excluding hydrogens is 289 g/mol. The summed E-state index contributed by atoms with van der Waals surface area (Å²) in [7, 11) is 0. The van der Waals surface area contributed by atoms with Gasteiger partial charge in [0.1, 0.15) is 5.82 Å². The van der Waals surface area contributed by atoms with Crippen molar-refractivity contribution in [2.45, 2.75) is 16.7 Å². The summed E-state index contributed by atoms with van der Waals surface area (Å²) in [4.78, 5) is 12.6. The van der Waals surface area contributed by atoms with E-state index < -0.39 is 6.03 Å². The zero-order valence-corrected chi connectivity index (χ0v) is 12.2. The highest BCUT2D eigenvalue weighted by atomic mass is 32.2. The van der Waals surface area contributed by atoms with Gasteiger partial charge in [0.2, 0.25) is 0 Å². The third-order valence-electron chi connectivity index (χ3n) is 2.66. The van der Waals surface area contributed by atoms with Crippen molar-refractivity contribution >= 4 is 23.5 Å². The zero-order valence-electron chi connectivity index (χ0n) is 11.3. The normalized spacial score (nSPS) is 11.2. The number of hydrazone groups is 1. The molecule has 0 aromatic heterocycles. The summed E-state index contributed by atoms with van der Waals surface area (Å²) < 4.78 is 12.8. The highest BCUT2D eigenvalue weighted by Gasteiger charge is 2.01. The molecule has 0 spiro atoms. The number of nitrogens with two attached hydrogens (primary N) is 1. The summed E-state index contributed by atoms with van der Waals surface area (Å²) in [5.74, 6) is -0.247. The molecule has 108 valence electrons. The number of halogens is 1. The molecule has 0 saturated heterocycles. The summed E-state index contributed by atoms with van der Waals surface area (Å²) in [6.45, 7) is 1.78. The second kappa shape index (κ2) is 6.90.